The fourth-order valence-corrected chi connectivity index (χ4v) is 2.28. The molecule has 1 aromatic heterocycles. The molecule has 0 saturated heterocycles. The Bertz CT molecular complexity index is 411. The summed E-state index contributed by atoms with van der Waals surface area (Å²) in [7, 11) is 0. The number of hydrogen-bond donors (Lipinski definition) is 1. The van der Waals surface area contributed by atoms with Gasteiger partial charge in [-0.25, -0.2) is 4.98 Å². The van der Waals surface area contributed by atoms with Gasteiger partial charge in [0.2, 0.25) is 0 Å². The first-order chi connectivity index (χ1) is 9.31. The second-order valence-electron chi connectivity index (χ2n) is 6.66. The SMILES string of the molecule is Cc1cc(CNC(C)C)cnc1N(CC(C)C)C(C)C. The van der Waals surface area contributed by atoms with Crippen LogP contribution < -0.4 is 10.2 Å². The lowest BCUT2D eigenvalue weighted by Crippen LogP contribution is -2.35. The Morgan fingerprint density at radius 3 is 2.25 bits per heavy atom. The van der Waals surface area contributed by atoms with E-state index in [1.54, 1.807) is 0 Å². The molecule has 3 heteroatoms. The van der Waals surface area contributed by atoms with E-state index < -0.39 is 0 Å². The highest BCUT2D eigenvalue weighted by molar-refractivity contribution is 5.48. The second-order valence-corrected chi connectivity index (χ2v) is 6.66. The van der Waals surface area contributed by atoms with Crippen molar-refractivity contribution >= 4 is 5.82 Å². The van der Waals surface area contributed by atoms with Crippen LogP contribution in [0.25, 0.3) is 0 Å². The molecule has 0 aromatic carbocycles. The van der Waals surface area contributed by atoms with E-state index in [4.69, 9.17) is 4.98 Å². The molecule has 0 radical (unpaired) electrons. The predicted molar refractivity (Wildman–Crippen MR) is 88.3 cm³/mol. The number of anilines is 1. The Hall–Kier alpha value is -1.09. The van der Waals surface area contributed by atoms with Crippen LogP contribution in [0.3, 0.4) is 0 Å². The van der Waals surface area contributed by atoms with Crippen molar-refractivity contribution in [3.8, 4) is 0 Å². The predicted octanol–water partition coefficient (Wildman–Crippen LogP) is 3.76. The third kappa shape index (κ3) is 5.12. The smallest absolute Gasteiger partial charge is 0.131 e. The quantitative estimate of drug-likeness (QED) is 0.822. The number of aromatic nitrogens is 1. The molecule has 20 heavy (non-hydrogen) atoms. The summed E-state index contributed by atoms with van der Waals surface area (Å²) >= 11 is 0. The lowest BCUT2D eigenvalue weighted by atomic mass is 10.1. The average Bonchev–Trinajstić information content (AvgIpc) is 2.33. The standard InChI is InChI=1S/C17H31N3/c1-12(2)11-20(14(5)6)17-15(7)8-16(10-19-17)9-18-13(3)4/h8,10,12-14,18H,9,11H2,1-7H3. The first-order valence-corrected chi connectivity index (χ1v) is 7.76. The van der Waals surface area contributed by atoms with E-state index in [0.717, 1.165) is 18.9 Å². The Kier molecular flexibility index (Phi) is 6.47. The number of nitrogens with zero attached hydrogens (tertiary/aromatic N) is 2. The molecule has 0 spiro atoms. The van der Waals surface area contributed by atoms with E-state index in [0.29, 0.717) is 18.0 Å². The van der Waals surface area contributed by atoms with Crippen molar-refractivity contribution in [3.05, 3.63) is 23.4 Å². The molecule has 0 unspecified atom stereocenters. The number of nitrogens with one attached hydrogen (secondary N) is 1. The van der Waals surface area contributed by atoms with E-state index >= 15 is 0 Å². The summed E-state index contributed by atoms with van der Waals surface area (Å²) in [6.45, 7) is 17.4. The minimum absolute atomic E-state index is 0.475. The van der Waals surface area contributed by atoms with Crippen molar-refractivity contribution in [2.45, 2.75) is 67.1 Å². The molecule has 0 aliphatic carbocycles. The molecule has 3 nitrogen and oxygen atoms in total. The first kappa shape index (κ1) is 17.0. The summed E-state index contributed by atoms with van der Waals surface area (Å²) in [5.41, 5.74) is 2.52. The van der Waals surface area contributed by atoms with E-state index in [1.807, 2.05) is 6.20 Å². The molecular formula is C17H31N3. The number of rotatable bonds is 7. The van der Waals surface area contributed by atoms with Gasteiger partial charge in [-0.2, -0.15) is 0 Å². The van der Waals surface area contributed by atoms with Gasteiger partial charge in [-0.15, -0.1) is 0 Å². The molecule has 0 aliphatic rings. The monoisotopic (exact) mass is 277 g/mol. The van der Waals surface area contributed by atoms with Gasteiger partial charge < -0.3 is 10.2 Å². The topological polar surface area (TPSA) is 28.2 Å². The molecule has 0 amide bonds. The Morgan fingerprint density at radius 2 is 1.80 bits per heavy atom. The van der Waals surface area contributed by atoms with Gasteiger partial charge in [0.1, 0.15) is 5.82 Å². The maximum atomic E-state index is 4.72. The Labute approximate surface area is 124 Å². The summed E-state index contributed by atoms with van der Waals surface area (Å²) in [4.78, 5) is 7.12. The van der Waals surface area contributed by atoms with Crippen molar-refractivity contribution in [2.75, 3.05) is 11.4 Å². The van der Waals surface area contributed by atoms with Crippen LogP contribution in [0.5, 0.6) is 0 Å². The van der Waals surface area contributed by atoms with E-state index in [1.165, 1.54) is 11.1 Å². The summed E-state index contributed by atoms with van der Waals surface area (Å²) in [5.74, 6) is 1.77. The number of pyridine rings is 1. The molecule has 0 fully saturated rings. The van der Waals surface area contributed by atoms with Crippen molar-refractivity contribution in [3.63, 3.8) is 0 Å². The van der Waals surface area contributed by atoms with Crippen LogP contribution in [0, 0.1) is 12.8 Å². The molecule has 1 aromatic rings. The Morgan fingerprint density at radius 1 is 1.15 bits per heavy atom. The summed E-state index contributed by atoms with van der Waals surface area (Å²) < 4.78 is 0. The fourth-order valence-electron chi connectivity index (χ4n) is 2.28. The van der Waals surface area contributed by atoms with E-state index in [2.05, 4.69) is 64.7 Å². The molecule has 1 N–H and O–H groups in total. The van der Waals surface area contributed by atoms with Crippen molar-refractivity contribution in [1.82, 2.24) is 10.3 Å². The van der Waals surface area contributed by atoms with Crippen LogP contribution in [0.15, 0.2) is 12.3 Å². The van der Waals surface area contributed by atoms with Crippen molar-refractivity contribution < 1.29 is 0 Å². The minimum Gasteiger partial charge on any atom is -0.354 e. The maximum Gasteiger partial charge on any atom is 0.131 e. The van der Waals surface area contributed by atoms with Crippen LogP contribution in [0.4, 0.5) is 5.82 Å². The lowest BCUT2D eigenvalue weighted by molar-refractivity contribution is 0.563. The van der Waals surface area contributed by atoms with Gasteiger partial charge >= 0.3 is 0 Å². The molecule has 0 saturated carbocycles. The van der Waals surface area contributed by atoms with Gasteiger partial charge in [0.25, 0.3) is 0 Å². The molecule has 0 aliphatic heterocycles. The fraction of sp³-hybridized carbons (Fsp3) is 0.706. The van der Waals surface area contributed by atoms with Crippen molar-refractivity contribution in [1.29, 1.82) is 0 Å². The van der Waals surface area contributed by atoms with Gasteiger partial charge in [-0.1, -0.05) is 27.7 Å². The molecular weight excluding hydrogens is 246 g/mol. The average molecular weight is 277 g/mol. The minimum atomic E-state index is 0.475. The highest BCUT2D eigenvalue weighted by Crippen LogP contribution is 2.21. The third-order valence-corrected chi connectivity index (χ3v) is 3.28. The van der Waals surface area contributed by atoms with E-state index in [9.17, 15) is 0 Å². The van der Waals surface area contributed by atoms with Gasteiger partial charge in [0.15, 0.2) is 0 Å². The van der Waals surface area contributed by atoms with Crippen LogP contribution in [0.1, 0.15) is 52.7 Å². The molecule has 1 heterocycles. The zero-order valence-electron chi connectivity index (χ0n) is 14.2. The molecule has 0 bridgehead atoms. The van der Waals surface area contributed by atoms with Gasteiger partial charge in [0, 0.05) is 31.4 Å². The van der Waals surface area contributed by atoms with Crippen LogP contribution in [-0.2, 0) is 6.54 Å². The number of aryl methyl sites for hydroxylation is 1. The summed E-state index contributed by atoms with van der Waals surface area (Å²) in [5, 5.41) is 3.44. The van der Waals surface area contributed by atoms with Crippen LogP contribution >= 0.6 is 0 Å². The van der Waals surface area contributed by atoms with Gasteiger partial charge in [-0.05, 0) is 43.9 Å². The van der Waals surface area contributed by atoms with Crippen molar-refractivity contribution in [2.24, 2.45) is 5.92 Å². The first-order valence-electron chi connectivity index (χ1n) is 7.76. The molecule has 1 rings (SSSR count). The van der Waals surface area contributed by atoms with Gasteiger partial charge in [-0.3, -0.25) is 0 Å². The second kappa shape index (κ2) is 7.63. The highest BCUT2D eigenvalue weighted by Gasteiger charge is 2.15. The normalized spacial score (nSPS) is 11.7. The maximum absolute atomic E-state index is 4.72. The Balaban J connectivity index is 2.89. The largest absolute Gasteiger partial charge is 0.354 e. The molecule has 0 atom stereocenters. The van der Waals surface area contributed by atoms with Gasteiger partial charge in [0.05, 0.1) is 0 Å². The zero-order valence-corrected chi connectivity index (χ0v) is 14.2. The lowest BCUT2D eigenvalue weighted by Gasteiger charge is -2.31. The molecule has 114 valence electrons. The summed E-state index contributed by atoms with van der Waals surface area (Å²) in [6, 6.07) is 3.24. The van der Waals surface area contributed by atoms with Crippen LogP contribution in [-0.4, -0.2) is 23.6 Å². The number of hydrogen-bond acceptors (Lipinski definition) is 3. The highest BCUT2D eigenvalue weighted by atomic mass is 15.2. The van der Waals surface area contributed by atoms with Crippen LogP contribution in [0.2, 0.25) is 0 Å². The summed E-state index contributed by atoms with van der Waals surface area (Å²) in [6.07, 6.45) is 2.01. The third-order valence-electron chi connectivity index (χ3n) is 3.28. The zero-order chi connectivity index (χ0) is 15.3. The van der Waals surface area contributed by atoms with E-state index in [-0.39, 0.29) is 0 Å².